The maximum absolute atomic E-state index is 12.7. The highest BCUT2D eigenvalue weighted by Crippen LogP contribution is 2.22. The molecule has 0 bridgehead atoms. The van der Waals surface area contributed by atoms with Gasteiger partial charge < -0.3 is 10.2 Å². The van der Waals surface area contributed by atoms with Crippen molar-refractivity contribution in [2.45, 2.75) is 51.1 Å². The summed E-state index contributed by atoms with van der Waals surface area (Å²) in [5, 5.41) is 4.76. The third-order valence-corrected chi connectivity index (χ3v) is 7.21. The van der Waals surface area contributed by atoms with Crippen LogP contribution in [0.4, 0.5) is 0 Å². The number of nitrogens with one attached hydrogen (secondary N) is 2. The van der Waals surface area contributed by atoms with Crippen molar-refractivity contribution in [1.82, 2.24) is 14.9 Å². The van der Waals surface area contributed by atoms with E-state index in [1.807, 2.05) is 23.6 Å². The molecule has 7 nitrogen and oxygen atoms in total. The number of sulfonamides is 1. The summed E-state index contributed by atoms with van der Waals surface area (Å²) in [5.74, 6) is -0.340. The molecule has 0 aliphatic carbocycles. The van der Waals surface area contributed by atoms with Gasteiger partial charge in [0, 0.05) is 19.1 Å². The molecule has 1 saturated heterocycles. The highest BCUT2D eigenvalue weighted by molar-refractivity contribution is 7.88. The molecule has 0 saturated carbocycles. The van der Waals surface area contributed by atoms with Crippen molar-refractivity contribution in [1.29, 1.82) is 0 Å². The lowest BCUT2D eigenvalue weighted by Crippen LogP contribution is -2.45. The predicted octanol–water partition coefficient (Wildman–Crippen LogP) is 2.50. The summed E-state index contributed by atoms with van der Waals surface area (Å²) in [6.45, 7) is 4.47. The van der Waals surface area contributed by atoms with E-state index in [9.17, 15) is 18.0 Å². The molecule has 2 amide bonds. The van der Waals surface area contributed by atoms with E-state index < -0.39 is 16.1 Å². The Balaban J connectivity index is 1.55. The van der Waals surface area contributed by atoms with E-state index in [1.165, 1.54) is 11.3 Å². The van der Waals surface area contributed by atoms with Crippen molar-refractivity contribution in [2.24, 2.45) is 0 Å². The molecule has 2 aromatic rings. The summed E-state index contributed by atoms with van der Waals surface area (Å²) in [6, 6.07) is 10.1. The van der Waals surface area contributed by atoms with Crippen LogP contribution in [0.25, 0.3) is 0 Å². The first-order valence-corrected chi connectivity index (χ1v) is 12.5. The summed E-state index contributed by atoms with van der Waals surface area (Å²) >= 11 is 1.38. The Morgan fingerprint density at radius 2 is 1.87 bits per heavy atom. The van der Waals surface area contributed by atoms with Gasteiger partial charge in [-0.25, -0.2) is 13.1 Å². The van der Waals surface area contributed by atoms with Crippen LogP contribution in [0.3, 0.4) is 0 Å². The number of nitrogens with zero attached hydrogens (tertiary/aromatic N) is 1. The molecule has 0 radical (unpaired) electrons. The van der Waals surface area contributed by atoms with Crippen LogP contribution in [0.15, 0.2) is 41.8 Å². The van der Waals surface area contributed by atoms with E-state index in [1.54, 1.807) is 36.9 Å². The van der Waals surface area contributed by atoms with Crippen LogP contribution in [0.5, 0.6) is 0 Å². The highest BCUT2D eigenvalue weighted by Gasteiger charge is 2.34. The Morgan fingerprint density at radius 1 is 1.17 bits per heavy atom. The Kier molecular flexibility index (Phi) is 7.27. The van der Waals surface area contributed by atoms with Crippen molar-refractivity contribution < 1.29 is 18.0 Å². The van der Waals surface area contributed by atoms with Crippen LogP contribution < -0.4 is 10.0 Å². The molecule has 3 rings (SSSR count). The predicted molar refractivity (Wildman–Crippen MR) is 118 cm³/mol. The van der Waals surface area contributed by atoms with E-state index >= 15 is 0 Å². The standard InChI is InChI=1S/C21H27N3O4S2/c1-15(2)23-30(27,28)14-17-9-7-16(8-10-17)13-22-20(25)18-5-3-11-24(18)21(26)19-6-4-12-29-19/h4,6-10,12,15,18,23H,3,5,11,13-14H2,1-2H3,(H,22,25)/t18-/m0/s1. The lowest BCUT2D eigenvalue weighted by Gasteiger charge is -2.23. The molecule has 9 heteroatoms. The lowest BCUT2D eigenvalue weighted by atomic mass is 10.1. The van der Waals surface area contributed by atoms with E-state index in [-0.39, 0.29) is 23.6 Å². The minimum atomic E-state index is -3.37. The normalized spacial score (nSPS) is 16.8. The number of benzene rings is 1. The minimum absolute atomic E-state index is 0.0836. The fourth-order valence-electron chi connectivity index (χ4n) is 3.50. The first-order chi connectivity index (χ1) is 14.2. The molecule has 1 fully saturated rings. The summed E-state index contributed by atoms with van der Waals surface area (Å²) in [5.41, 5.74) is 1.55. The summed E-state index contributed by atoms with van der Waals surface area (Å²) in [6.07, 6.45) is 1.46. The topological polar surface area (TPSA) is 95.6 Å². The van der Waals surface area contributed by atoms with Crippen LogP contribution in [0.1, 0.15) is 47.5 Å². The van der Waals surface area contributed by atoms with Crippen LogP contribution in [-0.2, 0) is 27.1 Å². The summed E-state index contributed by atoms with van der Waals surface area (Å²) < 4.78 is 26.6. The van der Waals surface area contributed by atoms with Crippen molar-refractivity contribution in [2.75, 3.05) is 6.54 Å². The number of likely N-dealkylation sites (tertiary alicyclic amines) is 1. The van der Waals surface area contributed by atoms with Gasteiger partial charge in [0.25, 0.3) is 5.91 Å². The van der Waals surface area contributed by atoms with Crippen molar-refractivity contribution in [3.8, 4) is 0 Å². The molecule has 30 heavy (non-hydrogen) atoms. The SMILES string of the molecule is CC(C)NS(=O)(=O)Cc1ccc(CNC(=O)[C@@H]2CCCN2C(=O)c2cccs2)cc1. The van der Waals surface area contributed by atoms with Gasteiger partial charge in [-0.05, 0) is 49.3 Å². The molecule has 1 aromatic carbocycles. The number of hydrogen-bond acceptors (Lipinski definition) is 5. The Morgan fingerprint density at radius 3 is 2.50 bits per heavy atom. The monoisotopic (exact) mass is 449 g/mol. The second kappa shape index (κ2) is 9.72. The molecule has 1 aliphatic rings. The number of hydrogen-bond donors (Lipinski definition) is 2. The quantitative estimate of drug-likeness (QED) is 0.647. The zero-order chi connectivity index (χ0) is 21.7. The summed E-state index contributed by atoms with van der Waals surface area (Å²) in [4.78, 5) is 27.6. The van der Waals surface area contributed by atoms with Crippen LogP contribution in [-0.4, -0.2) is 43.8 Å². The van der Waals surface area contributed by atoms with Gasteiger partial charge in [0.05, 0.1) is 10.6 Å². The van der Waals surface area contributed by atoms with E-state index in [4.69, 9.17) is 0 Å². The molecule has 1 atom stereocenters. The maximum atomic E-state index is 12.7. The van der Waals surface area contributed by atoms with Crippen LogP contribution >= 0.6 is 11.3 Å². The highest BCUT2D eigenvalue weighted by atomic mass is 32.2. The fraction of sp³-hybridized carbons (Fsp3) is 0.429. The van der Waals surface area contributed by atoms with Crippen molar-refractivity contribution >= 4 is 33.2 Å². The van der Waals surface area contributed by atoms with E-state index in [0.29, 0.717) is 30.0 Å². The first-order valence-electron chi connectivity index (χ1n) is 9.95. The molecule has 0 unspecified atom stereocenters. The number of thiophene rings is 1. The molecule has 1 aromatic heterocycles. The Labute approximate surface area is 181 Å². The second-order valence-electron chi connectivity index (χ2n) is 7.70. The summed E-state index contributed by atoms with van der Waals surface area (Å²) in [7, 11) is -3.37. The van der Waals surface area contributed by atoms with Gasteiger partial charge >= 0.3 is 0 Å². The van der Waals surface area contributed by atoms with Gasteiger partial charge in [-0.3, -0.25) is 9.59 Å². The number of amides is 2. The second-order valence-corrected chi connectivity index (χ2v) is 10.4. The van der Waals surface area contributed by atoms with Gasteiger partial charge in [0.15, 0.2) is 0 Å². The average Bonchev–Trinajstić information content (AvgIpc) is 3.37. The van der Waals surface area contributed by atoms with Gasteiger partial charge in [-0.1, -0.05) is 30.3 Å². The molecule has 0 spiro atoms. The van der Waals surface area contributed by atoms with E-state index in [0.717, 1.165) is 12.0 Å². The Bertz CT molecular complexity index is 970. The Hall–Kier alpha value is -2.23. The van der Waals surface area contributed by atoms with Gasteiger partial charge in [-0.2, -0.15) is 0 Å². The third kappa shape index (κ3) is 5.90. The van der Waals surface area contributed by atoms with Gasteiger partial charge in [0.1, 0.15) is 6.04 Å². The molecular weight excluding hydrogens is 422 g/mol. The third-order valence-electron chi connectivity index (χ3n) is 4.81. The first kappa shape index (κ1) is 22.5. The zero-order valence-corrected chi connectivity index (χ0v) is 18.8. The van der Waals surface area contributed by atoms with Gasteiger partial charge in [-0.15, -0.1) is 11.3 Å². The maximum Gasteiger partial charge on any atom is 0.264 e. The molecule has 2 heterocycles. The zero-order valence-electron chi connectivity index (χ0n) is 17.1. The van der Waals surface area contributed by atoms with Gasteiger partial charge in [0.2, 0.25) is 15.9 Å². The molecular formula is C21H27N3O4S2. The number of carbonyl (C=O) groups is 2. The molecule has 1 aliphatic heterocycles. The lowest BCUT2D eigenvalue weighted by molar-refractivity contribution is -0.125. The number of rotatable bonds is 8. The molecule has 2 N–H and O–H groups in total. The smallest absolute Gasteiger partial charge is 0.264 e. The number of carbonyl (C=O) groups excluding carboxylic acids is 2. The van der Waals surface area contributed by atoms with Crippen molar-refractivity contribution in [3.63, 3.8) is 0 Å². The largest absolute Gasteiger partial charge is 0.350 e. The minimum Gasteiger partial charge on any atom is -0.350 e. The van der Waals surface area contributed by atoms with Crippen molar-refractivity contribution in [3.05, 3.63) is 57.8 Å². The van der Waals surface area contributed by atoms with Crippen LogP contribution in [0, 0.1) is 0 Å². The fourth-order valence-corrected chi connectivity index (χ4v) is 5.62. The average molecular weight is 450 g/mol. The molecule has 162 valence electrons. The van der Waals surface area contributed by atoms with Crippen LogP contribution in [0.2, 0.25) is 0 Å². The van der Waals surface area contributed by atoms with E-state index in [2.05, 4.69) is 10.0 Å².